The summed E-state index contributed by atoms with van der Waals surface area (Å²) < 4.78 is 46.8. The Morgan fingerprint density at radius 1 is 1.21 bits per heavy atom. The number of aryl methyl sites for hydroxylation is 1. The Morgan fingerprint density at radius 2 is 1.93 bits per heavy atom. The number of amides is 1. The monoisotopic (exact) mass is 407 g/mol. The molecule has 6 nitrogen and oxygen atoms in total. The molecule has 2 heterocycles. The van der Waals surface area contributed by atoms with Crippen LogP contribution in [0.5, 0.6) is 0 Å². The number of aromatic nitrogens is 2. The van der Waals surface area contributed by atoms with Crippen LogP contribution in [0.4, 0.5) is 13.2 Å². The largest absolute Gasteiger partial charge is 0.463 e. The highest BCUT2D eigenvalue weighted by Gasteiger charge is 2.56. The van der Waals surface area contributed by atoms with Gasteiger partial charge in [0.25, 0.3) is 5.91 Å². The lowest BCUT2D eigenvalue weighted by atomic mass is 9.95. The molecule has 1 unspecified atom stereocenters. The Labute approximate surface area is 165 Å². The summed E-state index contributed by atoms with van der Waals surface area (Å²) in [6.45, 7) is 1.54. The predicted octanol–water partition coefficient (Wildman–Crippen LogP) is 3.40. The van der Waals surface area contributed by atoms with E-state index in [1.54, 1.807) is 4.68 Å². The van der Waals surface area contributed by atoms with Gasteiger partial charge in [0.05, 0.1) is 18.3 Å². The zero-order valence-electron chi connectivity index (χ0n) is 15.6. The number of hydrogen-bond donors (Lipinski definition) is 2. The molecule has 2 N–H and O–H groups in total. The first-order chi connectivity index (χ1) is 13.7. The van der Waals surface area contributed by atoms with Crippen LogP contribution in [0.3, 0.4) is 0 Å². The Kier molecular flexibility index (Phi) is 5.78. The maximum Gasteiger partial charge on any atom is 0.424 e. The standard InChI is InChI=1S/C20H20F3N3O3/c1-14-7-8-17(29-14)19(28,20(21,22)23)9-10-24-18(27)16-11-25-26(13-16)12-15-5-3-2-4-6-15/h2-8,11,13,28H,9-10,12H2,1H3,(H,24,27). The fourth-order valence-electron chi connectivity index (χ4n) is 2.86. The predicted molar refractivity (Wildman–Crippen MR) is 98.1 cm³/mol. The number of benzene rings is 1. The molecule has 2 aromatic heterocycles. The molecule has 0 aliphatic carbocycles. The van der Waals surface area contributed by atoms with Crippen molar-refractivity contribution >= 4 is 5.91 Å². The Morgan fingerprint density at radius 3 is 2.55 bits per heavy atom. The summed E-state index contributed by atoms with van der Waals surface area (Å²) in [6, 6.07) is 11.9. The smallest absolute Gasteiger partial charge is 0.424 e. The zero-order chi connectivity index (χ0) is 21.1. The Balaban J connectivity index is 1.61. The Bertz CT molecular complexity index is 966. The number of hydrogen-bond acceptors (Lipinski definition) is 4. The van der Waals surface area contributed by atoms with E-state index in [1.165, 1.54) is 25.4 Å². The molecular weight excluding hydrogens is 387 g/mol. The van der Waals surface area contributed by atoms with Crippen LogP contribution in [0.1, 0.15) is 33.9 Å². The highest BCUT2D eigenvalue weighted by molar-refractivity contribution is 5.93. The van der Waals surface area contributed by atoms with Gasteiger partial charge in [0.1, 0.15) is 11.5 Å². The van der Waals surface area contributed by atoms with E-state index in [2.05, 4.69) is 10.4 Å². The maximum absolute atomic E-state index is 13.4. The van der Waals surface area contributed by atoms with Gasteiger partial charge in [-0.15, -0.1) is 0 Å². The van der Waals surface area contributed by atoms with Crippen LogP contribution in [0, 0.1) is 6.92 Å². The molecule has 9 heteroatoms. The average Bonchev–Trinajstić information content (AvgIpc) is 3.31. The number of alkyl halides is 3. The van der Waals surface area contributed by atoms with E-state index in [0.29, 0.717) is 6.54 Å². The topological polar surface area (TPSA) is 80.3 Å². The van der Waals surface area contributed by atoms with E-state index in [4.69, 9.17) is 4.42 Å². The lowest BCUT2D eigenvalue weighted by Crippen LogP contribution is -2.44. The molecule has 1 amide bonds. The van der Waals surface area contributed by atoms with E-state index in [0.717, 1.165) is 11.6 Å². The molecular formula is C20H20F3N3O3. The van der Waals surface area contributed by atoms with Crippen molar-refractivity contribution in [3.05, 3.63) is 77.5 Å². The number of nitrogens with one attached hydrogen (secondary N) is 1. The van der Waals surface area contributed by atoms with Gasteiger partial charge in [0, 0.05) is 19.2 Å². The number of aliphatic hydroxyl groups is 1. The Hall–Kier alpha value is -3.07. The quantitative estimate of drug-likeness (QED) is 0.629. The maximum atomic E-state index is 13.4. The van der Waals surface area contributed by atoms with Crippen molar-refractivity contribution in [1.82, 2.24) is 15.1 Å². The van der Waals surface area contributed by atoms with E-state index in [-0.39, 0.29) is 11.3 Å². The number of rotatable bonds is 7. The van der Waals surface area contributed by atoms with Crippen LogP contribution in [-0.4, -0.2) is 33.5 Å². The van der Waals surface area contributed by atoms with Gasteiger partial charge < -0.3 is 14.8 Å². The van der Waals surface area contributed by atoms with Gasteiger partial charge in [0.2, 0.25) is 5.60 Å². The molecule has 0 saturated carbocycles. The summed E-state index contributed by atoms with van der Waals surface area (Å²) in [7, 11) is 0. The molecule has 0 saturated heterocycles. The molecule has 0 aliphatic rings. The van der Waals surface area contributed by atoms with Crippen LogP contribution in [0.25, 0.3) is 0 Å². The van der Waals surface area contributed by atoms with Gasteiger partial charge in [-0.1, -0.05) is 30.3 Å². The fraction of sp³-hybridized carbons (Fsp3) is 0.300. The molecule has 3 aromatic rings. The molecule has 0 aliphatic heterocycles. The first-order valence-corrected chi connectivity index (χ1v) is 8.89. The normalized spacial score (nSPS) is 13.8. The molecule has 3 rings (SSSR count). The first kappa shape index (κ1) is 20.7. The lowest BCUT2D eigenvalue weighted by molar-refractivity contribution is -0.274. The highest BCUT2D eigenvalue weighted by Crippen LogP contribution is 2.42. The summed E-state index contributed by atoms with van der Waals surface area (Å²) in [4.78, 5) is 12.2. The summed E-state index contributed by atoms with van der Waals surface area (Å²) in [6.07, 6.45) is -2.89. The minimum Gasteiger partial charge on any atom is -0.463 e. The van der Waals surface area contributed by atoms with E-state index in [1.807, 2.05) is 30.3 Å². The van der Waals surface area contributed by atoms with Crippen LogP contribution in [0.15, 0.2) is 59.3 Å². The molecule has 0 radical (unpaired) electrons. The van der Waals surface area contributed by atoms with Crippen LogP contribution in [0.2, 0.25) is 0 Å². The third-order valence-corrected chi connectivity index (χ3v) is 4.47. The number of carbonyl (C=O) groups excluding carboxylic acids is 1. The van der Waals surface area contributed by atoms with Crippen LogP contribution < -0.4 is 5.32 Å². The molecule has 154 valence electrons. The van der Waals surface area contributed by atoms with Crippen molar-refractivity contribution in [1.29, 1.82) is 0 Å². The fourth-order valence-corrected chi connectivity index (χ4v) is 2.86. The molecule has 1 atom stereocenters. The van der Waals surface area contributed by atoms with Crippen molar-refractivity contribution in [2.45, 2.75) is 31.7 Å². The third-order valence-electron chi connectivity index (χ3n) is 4.47. The number of halogens is 3. The molecule has 0 bridgehead atoms. The first-order valence-electron chi connectivity index (χ1n) is 8.89. The van der Waals surface area contributed by atoms with E-state index >= 15 is 0 Å². The third kappa shape index (κ3) is 4.68. The molecule has 1 aromatic carbocycles. The van der Waals surface area contributed by atoms with Gasteiger partial charge in [-0.3, -0.25) is 9.48 Å². The second kappa shape index (κ2) is 8.12. The van der Waals surface area contributed by atoms with Gasteiger partial charge in [-0.2, -0.15) is 18.3 Å². The van der Waals surface area contributed by atoms with Crippen LogP contribution in [-0.2, 0) is 12.1 Å². The summed E-state index contributed by atoms with van der Waals surface area (Å²) >= 11 is 0. The van der Waals surface area contributed by atoms with E-state index in [9.17, 15) is 23.1 Å². The minimum absolute atomic E-state index is 0.213. The second-order valence-electron chi connectivity index (χ2n) is 6.69. The molecule has 0 fully saturated rings. The van der Waals surface area contributed by atoms with E-state index < -0.39 is 36.4 Å². The molecule has 0 spiro atoms. The van der Waals surface area contributed by atoms with Crippen molar-refractivity contribution in [2.75, 3.05) is 6.54 Å². The van der Waals surface area contributed by atoms with Crippen LogP contribution >= 0.6 is 0 Å². The zero-order valence-corrected chi connectivity index (χ0v) is 15.6. The number of nitrogens with zero attached hydrogens (tertiary/aromatic N) is 2. The van der Waals surface area contributed by atoms with Crippen molar-refractivity contribution in [3.8, 4) is 0 Å². The average molecular weight is 407 g/mol. The van der Waals surface area contributed by atoms with Crippen molar-refractivity contribution in [3.63, 3.8) is 0 Å². The summed E-state index contributed by atoms with van der Waals surface area (Å²) in [5, 5.41) is 16.7. The second-order valence-corrected chi connectivity index (χ2v) is 6.69. The van der Waals surface area contributed by atoms with Gasteiger partial charge in [-0.05, 0) is 24.6 Å². The minimum atomic E-state index is -4.96. The summed E-state index contributed by atoms with van der Waals surface area (Å²) in [5.41, 5.74) is -1.98. The highest BCUT2D eigenvalue weighted by atomic mass is 19.4. The number of carbonyl (C=O) groups is 1. The number of furan rings is 1. The van der Waals surface area contributed by atoms with Crippen molar-refractivity contribution in [2.24, 2.45) is 0 Å². The van der Waals surface area contributed by atoms with Crippen molar-refractivity contribution < 1.29 is 27.5 Å². The SMILES string of the molecule is Cc1ccc(C(O)(CCNC(=O)c2cnn(Cc3ccccc3)c2)C(F)(F)F)o1. The van der Waals surface area contributed by atoms with Gasteiger partial charge >= 0.3 is 6.18 Å². The lowest BCUT2D eigenvalue weighted by Gasteiger charge is -2.28. The molecule has 29 heavy (non-hydrogen) atoms. The van der Waals surface area contributed by atoms with Gasteiger partial charge in [-0.25, -0.2) is 0 Å². The van der Waals surface area contributed by atoms with Gasteiger partial charge in [0.15, 0.2) is 0 Å². The summed E-state index contributed by atoms with van der Waals surface area (Å²) in [5.74, 6) is -0.936.